The molecule has 0 saturated heterocycles. The summed E-state index contributed by atoms with van der Waals surface area (Å²) >= 11 is 1.31. The van der Waals surface area contributed by atoms with Crippen LogP contribution in [0.5, 0.6) is 0 Å². The first-order valence-corrected chi connectivity index (χ1v) is 6.73. The van der Waals surface area contributed by atoms with Crippen molar-refractivity contribution in [2.75, 3.05) is 0 Å². The number of nitrogens with zero attached hydrogens (tertiary/aromatic N) is 3. The third-order valence-corrected chi connectivity index (χ3v) is 3.47. The number of rotatable bonds is 5. The van der Waals surface area contributed by atoms with Crippen LogP contribution in [0.3, 0.4) is 0 Å². The van der Waals surface area contributed by atoms with Crippen LogP contribution < -0.4 is 0 Å². The zero-order valence-corrected chi connectivity index (χ0v) is 11.4. The molecular weight excluding hydrogens is 266 g/mol. The molecule has 0 spiro atoms. The highest BCUT2D eigenvalue weighted by atomic mass is 32.2. The van der Waals surface area contributed by atoms with Gasteiger partial charge in [-0.1, -0.05) is 23.8 Å². The van der Waals surface area contributed by atoms with Crippen molar-refractivity contribution in [3.63, 3.8) is 0 Å². The van der Waals surface area contributed by atoms with Gasteiger partial charge < -0.3 is 9.63 Å². The number of thioether (sulfide) groups is 1. The number of carbonyl (C=O) groups is 1. The van der Waals surface area contributed by atoms with Crippen LogP contribution in [-0.4, -0.2) is 26.2 Å². The van der Waals surface area contributed by atoms with E-state index in [-0.39, 0.29) is 5.56 Å². The zero-order valence-electron chi connectivity index (χ0n) is 10.6. The molecule has 100 valence electrons. The Bertz CT molecular complexity index is 584. The second-order valence-corrected chi connectivity index (χ2v) is 4.80. The molecule has 0 saturated carbocycles. The van der Waals surface area contributed by atoms with Crippen LogP contribution >= 0.6 is 11.8 Å². The summed E-state index contributed by atoms with van der Waals surface area (Å²) in [6.45, 7) is 3.61. The minimum atomic E-state index is -1.01. The van der Waals surface area contributed by atoms with Gasteiger partial charge >= 0.3 is 5.97 Å². The topological polar surface area (TPSA) is 89.1 Å². The Balaban J connectivity index is 2.30. The standard InChI is InChI=1S/C12H13N3O3S/c1-3-9-14-7(2)10(12(16)17)11(15-9)19-6-8-4-5-13-18-8/h4-5H,3,6H2,1-2H3,(H,16,17). The molecule has 0 fully saturated rings. The van der Waals surface area contributed by atoms with Gasteiger partial charge in [-0.2, -0.15) is 0 Å². The molecular formula is C12H13N3O3S. The summed E-state index contributed by atoms with van der Waals surface area (Å²) in [7, 11) is 0. The molecule has 0 radical (unpaired) electrons. The molecule has 2 heterocycles. The summed E-state index contributed by atoms with van der Waals surface area (Å²) in [5.41, 5.74) is 0.640. The number of aromatic carboxylic acids is 1. The summed E-state index contributed by atoms with van der Waals surface area (Å²) in [6, 6.07) is 1.74. The van der Waals surface area contributed by atoms with E-state index >= 15 is 0 Å². The van der Waals surface area contributed by atoms with Gasteiger partial charge in [0.2, 0.25) is 0 Å². The molecule has 0 atom stereocenters. The molecule has 0 bridgehead atoms. The van der Waals surface area contributed by atoms with Gasteiger partial charge in [-0.25, -0.2) is 14.8 Å². The highest BCUT2D eigenvalue weighted by Gasteiger charge is 2.18. The molecule has 0 unspecified atom stereocenters. The minimum Gasteiger partial charge on any atom is -0.478 e. The van der Waals surface area contributed by atoms with E-state index in [0.29, 0.717) is 34.5 Å². The molecule has 7 heteroatoms. The summed E-state index contributed by atoms with van der Waals surface area (Å²) in [5, 5.41) is 13.3. The van der Waals surface area contributed by atoms with Gasteiger partial charge in [-0.15, -0.1) is 0 Å². The SMILES string of the molecule is CCc1nc(C)c(C(=O)O)c(SCc2ccno2)n1. The van der Waals surface area contributed by atoms with Crippen LogP contribution in [0, 0.1) is 6.92 Å². The fourth-order valence-electron chi connectivity index (χ4n) is 1.57. The third-order valence-electron chi connectivity index (χ3n) is 2.48. The lowest BCUT2D eigenvalue weighted by molar-refractivity contribution is 0.0690. The van der Waals surface area contributed by atoms with E-state index in [2.05, 4.69) is 15.1 Å². The largest absolute Gasteiger partial charge is 0.478 e. The highest BCUT2D eigenvalue weighted by molar-refractivity contribution is 7.98. The molecule has 0 aliphatic rings. The van der Waals surface area contributed by atoms with Crippen molar-refractivity contribution in [1.82, 2.24) is 15.1 Å². The van der Waals surface area contributed by atoms with Crippen molar-refractivity contribution in [1.29, 1.82) is 0 Å². The Morgan fingerprint density at radius 3 is 2.84 bits per heavy atom. The molecule has 0 aliphatic carbocycles. The minimum absolute atomic E-state index is 0.154. The predicted molar refractivity (Wildman–Crippen MR) is 69.2 cm³/mol. The van der Waals surface area contributed by atoms with Gasteiger partial charge in [0.25, 0.3) is 0 Å². The Labute approximate surface area is 114 Å². The van der Waals surface area contributed by atoms with Crippen molar-refractivity contribution in [3.05, 3.63) is 35.1 Å². The average Bonchev–Trinajstić information content (AvgIpc) is 2.88. The fraction of sp³-hybridized carbons (Fsp3) is 0.333. The fourth-order valence-corrected chi connectivity index (χ4v) is 2.54. The van der Waals surface area contributed by atoms with Crippen molar-refractivity contribution in [2.45, 2.75) is 31.0 Å². The van der Waals surface area contributed by atoms with Crippen LogP contribution in [0.15, 0.2) is 21.8 Å². The second-order valence-electron chi connectivity index (χ2n) is 3.83. The summed E-state index contributed by atoms with van der Waals surface area (Å²) in [5.74, 6) is 0.790. The zero-order chi connectivity index (χ0) is 13.8. The average molecular weight is 279 g/mol. The lowest BCUT2D eigenvalue weighted by Crippen LogP contribution is -2.09. The number of carboxylic acid groups (broad SMARTS) is 1. The van der Waals surface area contributed by atoms with Gasteiger partial charge in [0.05, 0.1) is 17.6 Å². The first kappa shape index (κ1) is 13.5. The molecule has 1 N–H and O–H groups in total. The molecule has 0 aliphatic heterocycles. The number of hydrogen-bond donors (Lipinski definition) is 1. The monoisotopic (exact) mass is 279 g/mol. The van der Waals surface area contributed by atoms with E-state index in [4.69, 9.17) is 4.52 Å². The van der Waals surface area contributed by atoms with E-state index in [1.807, 2.05) is 6.92 Å². The maximum absolute atomic E-state index is 11.3. The quantitative estimate of drug-likeness (QED) is 0.663. The van der Waals surface area contributed by atoms with Crippen molar-refractivity contribution < 1.29 is 14.4 Å². The van der Waals surface area contributed by atoms with E-state index < -0.39 is 5.97 Å². The van der Waals surface area contributed by atoms with E-state index in [9.17, 15) is 9.90 Å². The van der Waals surface area contributed by atoms with Gasteiger partial charge in [-0.05, 0) is 6.92 Å². The highest BCUT2D eigenvalue weighted by Crippen LogP contribution is 2.26. The van der Waals surface area contributed by atoms with Crippen LogP contribution in [0.1, 0.15) is 34.6 Å². The van der Waals surface area contributed by atoms with E-state index in [1.54, 1.807) is 19.2 Å². The first-order valence-electron chi connectivity index (χ1n) is 5.75. The van der Waals surface area contributed by atoms with Gasteiger partial charge in [-0.3, -0.25) is 0 Å². The number of aryl methyl sites for hydroxylation is 2. The number of carboxylic acids is 1. The summed E-state index contributed by atoms with van der Waals surface area (Å²) < 4.78 is 4.98. The summed E-state index contributed by atoms with van der Waals surface area (Å²) in [4.78, 5) is 19.7. The molecule has 19 heavy (non-hydrogen) atoms. The maximum Gasteiger partial charge on any atom is 0.340 e. The van der Waals surface area contributed by atoms with Gasteiger partial charge in [0.1, 0.15) is 22.2 Å². The number of hydrogen-bond acceptors (Lipinski definition) is 6. The lowest BCUT2D eigenvalue weighted by Gasteiger charge is -2.08. The maximum atomic E-state index is 11.3. The lowest BCUT2D eigenvalue weighted by atomic mass is 10.2. The second kappa shape index (κ2) is 5.83. The van der Waals surface area contributed by atoms with Crippen molar-refractivity contribution in [3.8, 4) is 0 Å². The van der Waals surface area contributed by atoms with Gasteiger partial charge in [0.15, 0.2) is 0 Å². The Kier molecular flexibility index (Phi) is 4.16. The van der Waals surface area contributed by atoms with Crippen LogP contribution in [-0.2, 0) is 12.2 Å². The third kappa shape index (κ3) is 3.11. The smallest absolute Gasteiger partial charge is 0.340 e. The molecule has 0 amide bonds. The Morgan fingerprint density at radius 2 is 2.26 bits per heavy atom. The van der Waals surface area contributed by atoms with Crippen molar-refractivity contribution >= 4 is 17.7 Å². The molecule has 6 nitrogen and oxygen atoms in total. The summed E-state index contributed by atoms with van der Waals surface area (Å²) in [6.07, 6.45) is 2.22. The van der Waals surface area contributed by atoms with Crippen molar-refractivity contribution in [2.24, 2.45) is 0 Å². The molecule has 2 aromatic rings. The van der Waals surface area contributed by atoms with E-state index in [0.717, 1.165) is 0 Å². The Hall–Kier alpha value is -1.89. The molecule has 0 aromatic carbocycles. The van der Waals surface area contributed by atoms with Gasteiger partial charge in [0, 0.05) is 12.5 Å². The first-order chi connectivity index (χ1) is 9.11. The van der Waals surface area contributed by atoms with Crippen LogP contribution in [0.25, 0.3) is 0 Å². The predicted octanol–water partition coefficient (Wildman–Crippen LogP) is 2.33. The number of aromatic nitrogens is 3. The Morgan fingerprint density at radius 1 is 1.47 bits per heavy atom. The molecule has 2 aromatic heterocycles. The normalized spacial score (nSPS) is 10.6. The van der Waals surface area contributed by atoms with E-state index in [1.165, 1.54) is 11.8 Å². The molecule has 2 rings (SSSR count). The van der Waals surface area contributed by atoms with Crippen LogP contribution in [0.4, 0.5) is 0 Å². The van der Waals surface area contributed by atoms with Crippen LogP contribution in [0.2, 0.25) is 0 Å².